The van der Waals surface area contributed by atoms with E-state index in [1.165, 1.54) is 79.6 Å². The van der Waals surface area contributed by atoms with E-state index in [1.807, 2.05) is 24.3 Å². The second-order valence-corrected chi connectivity index (χ2v) is 19.1. The number of carbonyl (C=O) groups excluding carboxylic acids is 1. The number of benzene rings is 2. The van der Waals surface area contributed by atoms with Gasteiger partial charge in [0.05, 0.1) is 4.08 Å². The maximum atomic E-state index is 12.1. The van der Waals surface area contributed by atoms with Crippen LogP contribution < -0.4 is 0 Å². The largest absolute Gasteiger partial charge is 0.508 e. The van der Waals surface area contributed by atoms with Crippen LogP contribution in [0.4, 0.5) is 0 Å². The van der Waals surface area contributed by atoms with Crippen molar-refractivity contribution in [3.63, 3.8) is 0 Å². The number of hydrogen-bond acceptors (Lipinski definition) is 5. The average Bonchev–Trinajstić information content (AvgIpc) is 3.53. The van der Waals surface area contributed by atoms with Crippen LogP contribution in [-0.2, 0) is 17.6 Å². The first-order valence-electron chi connectivity index (χ1n) is 17.0. The average molecular weight is 617 g/mol. The summed E-state index contributed by atoms with van der Waals surface area (Å²) in [5.41, 5.74) is 7.12. The molecule has 7 aliphatic rings. The predicted octanol–water partition coefficient (Wildman–Crippen LogP) is 9.53. The smallest absolute Gasteiger partial charge is 0.139 e. The molecule has 230 valence electrons. The van der Waals surface area contributed by atoms with E-state index in [9.17, 15) is 15.0 Å². The Kier molecular flexibility index (Phi) is 6.68. The molecule has 0 aromatic heterocycles. The van der Waals surface area contributed by atoms with Gasteiger partial charge in [0.2, 0.25) is 0 Å². The van der Waals surface area contributed by atoms with Gasteiger partial charge in [0, 0.05) is 23.3 Å². The number of phenolic OH excluding ortho intramolecular Hbond substituents is 2. The second-order valence-electron chi connectivity index (χ2n) is 16.0. The summed E-state index contributed by atoms with van der Waals surface area (Å²) in [6.45, 7) is 4.95. The Hall–Kier alpha value is -1.59. The van der Waals surface area contributed by atoms with Crippen LogP contribution in [0.5, 0.6) is 11.5 Å². The Bertz CT molecular complexity index is 1460. The van der Waals surface area contributed by atoms with Crippen molar-refractivity contribution in [2.24, 2.45) is 21.7 Å². The number of hydrogen-bond donors (Lipinski definition) is 2. The van der Waals surface area contributed by atoms with Crippen LogP contribution in [0.1, 0.15) is 125 Å². The van der Waals surface area contributed by atoms with Crippen LogP contribution in [0, 0.1) is 21.7 Å². The lowest BCUT2D eigenvalue weighted by Crippen LogP contribution is -2.56. The van der Waals surface area contributed by atoms with Crippen LogP contribution in [0.3, 0.4) is 0 Å². The van der Waals surface area contributed by atoms with Crippen LogP contribution in [-0.4, -0.2) is 31.6 Å². The Morgan fingerprint density at radius 1 is 0.651 bits per heavy atom. The van der Waals surface area contributed by atoms with Gasteiger partial charge in [-0.25, -0.2) is 0 Å². The number of Topliss-reactive ketones (excluding diaryl/α,β-unsaturated/α-hetero) is 1. The molecule has 0 amide bonds. The van der Waals surface area contributed by atoms with Gasteiger partial charge in [0.15, 0.2) is 0 Å². The van der Waals surface area contributed by atoms with Crippen molar-refractivity contribution >= 4 is 29.3 Å². The SMILES string of the molecule is C[C@@]12CCc3cc(O)ccc3[C@H]1C[C@@]1(CCC13SCCS3)CC2.C[C@@]12CCc3cc(O)ccc3[C@H]1C[C@@]1(CCC1=O)CC2. The maximum absolute atomic E-state index is 12.1. The third kappa shape index (κ3) is 4.32. The zero-order valence-electron chi connectivity index (χ0n) is 26.1. The Labute approximate surface area is 266 Å². The predicted molar refractivity (Wildman–Crippen MR) is 178 cm³/mol. The summed E-state index contributed by atoms with van der Waals surface area (Å²) in [7, 11) is 0. The normalized spacial score (nSPS) is 39.9. The highest BCUT2D eigenvalue weighted by Gasteiger charge is 2.64. The quantitative estimate of drug-likeness (QED) is 0.309. The van der Waals surface area contributed by atoms with Crippen LogP contribution in [0.2, 0.25) is 0 Å². The minimum absolute atomic E-state index is 0.0106. The van der Waals surface area contributed by atoms with Crippen molar-refractivity contribution in [1.29, 1.82) is 0 Å². The van der Waals surface area contributed by atoms with Gasteiger partial charge in [-0.1, -0.05) is 26.0 Å². The molecule has 3 spiro atoms. The molecule has 3 nitrogen and oxygen atoms in total. The summed E-state index contributed by atoms with van der Waals surface area (Å²) < 4.78 is 0.558. The number of phenols is 2. The lowest BCUT2D eigenvalue weighted by atomic mass is 9.48. The van der Waals surface area contributed by atoms with Crippen molar-refractivity contribution < 1.29 is 15.0 Å². The van der Waals surface area contributed by atoms with Gasteiger partial charge < -0.3 is 10.2 Å². The molecule has 0 unspecified atom stereocenters. The van der Waals surface area contributed by atoms with Crippen LogP contribution in [0.25, 0.3) is 0 Å². The van der Waals surface area contributed by atoms with Gasteiger partial charge in [0.25, 0.3) is 0 Å². The number of aromatic hydroxyl groups is 2. The first kappa shape index (κ1) is 28.9. The number of thioether (sulfide) groups is 2. The highest BCUT2D eigenvalue weighted by Crippen LogP contribution is 2.75. The molecule has 5 heteroatoms. The monoisotopic (exact) mass is 616 g/mol. The zero-order chi connectivity index (χ0) is 29.7. The van der Waals surface area contributed by atoms with E-state index in [4.69, 9.17) is 0 Å². The molecule has 2 aromatic rings. The maximum Gasteiger partial charge on any atom is 0.139 e. The minimum Gasteiger partial charge on any atom is -0.508 e. The summed E-state index contributed by atoms with van der Waals surface area (Å²) in [6.07, 6.45) is 17.1. The molecule has 1 heterocycles. The topological polar surface area (TPSA) is 57.5 Å². The molecule has 4 saturated carbocycles. The molecule has 9 rings (SSSR count). The third-order valence-corrected chi connectivity index (χ3v) is 18.1. The number of carbonyl (C=O) groups is 1. The fourth-order valence-electron chi connectivity index (χ4n) is 10.8. The fourth-order valence-corrected chi connectivity index (χ4v) is 14.6. The Morgan fingerprint density at radius 3 is 1.72 bits per heavy atom. The molecule has 0 bridgehead atoms. The highest BCUT2D eigenvalue weighted by atomic mass is 32.2. The van der Waals surface area contributed by atoms with E-state index < -0.39 is 0 Å². The van der Waals surface area contributed by atoms with Gasteiger partial charge >= 0.3 is 0 Å². The summed E-state index contributed by atoms with van der Waals surface area (Å²) in [5, 5.41) is 19.6. The molecule has 5 fully saturated rings. The zero-order valence-corrected chi connectivity index (χ0v) is 27.7. The molecule has 1 saturated heterocycles. The Balaban J connectivity index is 0.000000131. The van der Waals surface area contributed by atoms with Gasteiger partial charge in [0.1, 0.15) is 17.3 Å². The van der Waals surface area contributed by atoms with Gasteiger partial charge in [-0.2, -0.15) is 0 Å². The van der Waals surface area contributed by atoms with Crippen LogP contribution in [0.15, 0.2) is 36.4 Å². The van der Waals surface area contributed by atoms with Crippen molar-refractivity contribution in [3.8, 4) is 11.5 Å². The summed E-state index contributed by atoms with van der Waals surface area (Å²) in [6, 6.07) is 12.0. The molecule has 1 aliphatic heterocycles. The fraction of sp³-hybridized carbons (Fsp3) is 0.658. The molecule has 6 aliphatic carbocycles. The lowest BCUT2D eigenvalue weighted by Gasteiger charge is -2.64. The van der Waals surface area contributed by atoms with E-state index in [0.717, 1.165) is 38.5 Å². The molecule has 43 heavy (non-hydrogen) atoms. The Morgan fingerprint density at radius 2 is 1.21 bits per heavy atom. The number of ketones is 1. The molecule has 6 atom stereocenters. The molecule has 2 aromatic carbocycles. The van der Waals surface area contributed by atoms with Crippen molar-refractivity contribution in [2.75, 3.05) is 11.5 Å². The van der Waals surface area contributed by atoms with Crippen molar-refractivity contribution in [1.82, 2.24) is 0 Å². The van der Waals surface area contributed by atoms with E-state index in [-0.39, 0.29) is 5.41 Å². The number of fused-ring (bicyclic) bond motifs is 7. The van der Waals surface area contributed by atoms with E-state index in [2.05, 4.69) is 49.5 Å². The van der Waals surface area contributed by atoms with Gasteiger partial charge in [-0.3, -0.25) is 4.79 Å². The summed E-state index contributed by atoms with van der Waals surface area (Å²) >= 11 is 4.56. The van der Waals surface area contributed by atoms with E-state index in [0.29, 0.717) is 49.4 Å². The van der Waals surface area contributed by atoms with Crippen molar-refractivity contribution in [2.45, 2.75) is 120 Å². The van der Waals surface area contributed by atoms with Crippen molar-refractivity contribution in [3.05, 3.63) is 58.7 Å². The van der Waals surface area contributed by atoms with Gasteiger partial charge in [-0.05, 0) is 158 Å². The lowest BCUT2D eigenvalue weighted by molar-refractivity contribution is -0.144. The minimum atomic E-state index is 0.0106. The van der Waals surface area contributed by atoms with E-state index >= 15 is 0 Å². The highest BCUT2D eigenvalue weighted by molar-refractivity contribution is 8.21. The number of rotatable bonds is 0. The molecule has 0 radical (unpaired) electrons. The first-order valence-corrected chi connectivity index (χ1v) is 19.0. The van der Waals surface area contributed by atoms with Gasteiger partial charge in [-0.15, -0.1) is 23.5 Å². The first-order chi connectivity index (χ1) is 20.6. The van der Waals surface area contributed by atoms with Crippen LogP contribution >= 0.6 is 23.5 Å². The summed E-state index contributed by atoms with van der Waals surface area (Å²) in [5.74, 6) is 5.25. The second kappa shape index (κ2) is 9.95. The summed E-state index contributed by atoms with van der Waals surface area (Å²) in [4.78, 5) is 12.1. The van der Waals surface area contributed by atoms with E-state index in [1.54, 1.807) is 5.56 Å². The molecule has 2 N–H and O–H groups in total. The molecular formula is C38H48O3S2. The third-order valence-electron chi connectivity index (χ3n) is 14.1. The standard InChI is InChI=1S/C20H26OS2.C18H22O2/c1-18-5-4-14-12-15(21)2-3-16(14)17(18)13-19(7-6-18)8-9-20(19)22-10-11-23-20;1-17-6-4-12-10-13(19)2-3-14(12)15(17)11-18(9-8-17)7-5-16(18)20/h2-3,12,17,21H,4-11,13H2,1H3;2-3,10,15,19H,4-9,11H2,1H3/t17-,18+,19+;15-,17+,18-/m11/s1. The number of aryl methyl sites for hydroxylation is 2. The molecular weight excluding hydrogens is 569 g/mol.